The first-order chi connectivity index (χ1) is 9.93. The zero-order chi connectivity index (χ0) is 15.6. The molecule has 116 valence electrons. The van der Waals surface area contributed by atoms with Crippen molar-refractivity contribution >= 4 is 28.2 Å². The van der Waals surface area contributed by atoms with Crippen molar-refractivity contribution in [3.05, 3.63) is 10.6 Å². The Kier molecular flexibility index (Phi) is 4.95. The number of ketones is 1. The summed E-state index contributed by atoms with van der Waals surface area (Å²) in [6, 6.07) is 0.348. The van der Waals surface area contributed by atoms with E-state index in [1.54, 1.807) is 0 Å². The molecule has 6 nitrogen and oxygen atoms in total. The summed E-state index contributed by atoms with van der Waals surface area (Å²) >= 11 is 1.18. The Labute approximate surface area is 128 Å². The van der Waals surface area contributed by atoms with E-state index in [0.29, 0.717) is 11.2 Å². The molecule has 0 amide bonds. The van der Waals surface area contributed by atoms with E-state index < -0.39 is 5.97 Å². The predicted molar refractivity (Wildman–Crippen MR) is 82.6 cm³/mol. The standard InChI is InChI=1S/C14H21N3O3S/c1-4-17-7-5-10(6-8-17)16(3)14-15-11(13(19)20)12(21-14)9(2)18/h10H,4-8H2,1-3H3,(H,19,20). The molecular weight excluding hydrogens is 290 g/mol. The smallest absolute Gasteiger partial charge is 0.356 e. The van der Waals surface area contributed by atoms with Crippen LogP contribution in [0.2, 0.25) is 0 Å². The Morgan fingerprint density at radius 1 is 1.43 bits per heavy atom. The van der Waals surface area contributed by atoms with Crippen molar-refractivity contribution in [2.24, 2.45) is 0 Å². The van der Waals surface area contributed by atoms with Gasteiger partial charge in [-0.2, -0.15) is 0 Å². The van der Waals surface area contributed by atoms with Gasteiger partial charge < -0.3 is 14.9 Å². The van der Waals surface area contributed by atoms with Gasteiger partial charge in [-0.1, -0.05) is 18.3 Å². The van der Waals surface area contributed by atoms with Crippen molar-refractivity contribution < 1.29 is 14.7 Å². The highest BCUT2D eigenvalue weighted by Gasteiger charge is 2.27. The molecule has 0 radical (unpaired) electrons. The maximum atomic E-state index is 11.5. The number of rotatable bonds is 5. The van der Waals surface area contributed by atoms with E-state index in [0.717, 1.165) is 32.5 Å². The van der Waals surface area contributed by atoms with Gasteiger partial charge in [-0.25, -0.2) is 9.78 Å². The average Bonchev–Trinajstić information content (AvgIpc) is 2.92. The minimum atomic E-state index is -1.14. The molecule has 0 aliphatic carbocycles. The summed E-state index contributed by atoms with van der Waals surface area (Å²) in [7, 11) is 1.93. The van der Waals surface area contributed by atoms with Crippen LogP contribution in [0.3, 0.4) is 0 Å². The van der Waals surface area contributed by atoms with Gasteiger partial charge in [0.05, 0.1) is 0 Å². The van der Waals surface area contributed by atoms with Crippen LogP contribution in [-0.2, 0) is 0 Å². The second-order valence-electron chi connectivity index (χ2n) is 5.31. The molecule has 0 atom stereocenters. The van der Waals surface area contributed by atoms with Crippen molar-refractivity contribution in [1.29, 1.82) is 0 Å². The van der Waals surface area contributed by atoms with Crippen LogP contribution in [0.25, 0.3) is 0 Å². The first kappa shape index (κ1) is 15.9. The maximum Gasteiger partial charge on any atom is 0.356 e. The first-order valence-corrected chi connectivity index (χ1v) is 7.96. The van der Waals surface area contributed by atoms with E-state index in [1.807, 2.05) is 11.9 Å². The van der Waals surface area contributed by atoms with Crippen molar-refractivity contribution in [3.63, 3.8) is 0 Å². The highest BCUT2D eigenvalue weighted by atomic mass is 32.1. The van der Waals surface area contributed by atoms with E-state index in [-0.39, 0.29) is 16.4 Å². The summed E-state index contributed by atoms with van der Waals surface area (Å²) in [4.78, 5) is 31.5. The molecule has 1 fully saturated rings. The minimum absolute atomic E-state index is 0.125. The van der Waals surface area contributed by atoms with Crippen molar-refractivity contribution in [1.82, 2.24) is 9.88 Å². The molecule has 1 aromatic rings. The van der Waals surface area contributed by atoms with E-state index in [9.17, 15) is 9.59 Å². The number of carbonyl (C=O) groups is 2. The molecule has 0 spiro atoms. The van der Waals surface area contributed by atoms with Crippen LogP contribution in [0, 0.1) is 0 Å². The van der Waals surface area contributed by atoms with Crippen LogP contribution in [0.1, 0.15) is 46.8 Å². The van der Waals surface area contributed by atoms with Crippen molar-refractivity contribution in [2.75, 3.05) is 31.6 Å². The summed E-state index contributed by atoms with van der Waals surface area (Å²) in [5.41, 5.74) is -0.125. The topological polar surface area (TPSA) is 73.7 Å². The summed E-state index contributed by atoms with van der Waals surface area (Å²) in [5, 5.41) is 9.77. The van der Waals surface area contributed by atoms with E-state index in [4.69, 9.17) is 5.11 Å². The predicted octanol–water partition coefficient (Wildman–Crippen LogP) is 1.96. The van der Waals surface area contributed by atoms with E-state index >= 15 is 0 Å². The Morgan fingerprint density at radius 3 is 2.48 bits per heavy atom. The number of Topliss-reactive ketones (excluding diaryl/α,β-unsaturated/α-hetero) is 1. The van der Waals surface area contributed by atoms with Gasteiger partial charge >= 0.3 is 5.97 Å². The molecule has 2 heterocycles. The van der Waals surface area contributed by atoms with E-state index in [1.165, 1.54) is 18.3 Å². The number of aromatic carboxylic acids is 1. The number of aromatic nitrogens is 1. The van der Waals surface area contributed by atoms with Crippen LogP contribution in [0.15, 0.2) is 0 Å². The molecule has 7 heteroatoms. The zero-order valence-electron chi connectivity index (χ0n) is 12.6. The summed E-state index contributed by atoms with van der Waals surface area (Å²) < 4.78 is 0. The number of carboxylic acids is 1. The van der Waals surface area contributed by atoms with Crippen LogP contribution in [0.4, 0.5) is 5.13 Å². The third-order valence-electron chi connectivity index (χ3n) is 3.99. The number of likely N-dealkylation sites (tertiary alicyclic amines) is 1. The van der Waals surface area contributed by atoms with E-state index in [2.05, 4.69) is 16.8 Å². The molecule has 1 N–H and O–H groups in total. The number of carbonyl (C=O) groups excluding carboxylic acids is 1. The van der Waals surface area contributed by atoms with Crippen molar-refractivity contribution in [3.8, 4) is 0 Å². The number of nitrogens with zero attached hydrogens (tertiary/aromatic N) is 3. The molecule has 0 saturated carbocycles. The lowest BCUT2D eigenvalue weighted by Gasteiger charge is -2.36. The molecule has 0 unspecified atom stereocenters. The number of carboxylic acid groups (broad SMARTS) is 1. The Hall–Kier alpha value is -1.47. The van der Waals surface area contributed by atoms with Crippen LogP contribution < -0.4 is 4.90 Å². The normalized spacial score (nSPS) is 16.9. The Morgan fingerprint density at radius 2 is 2.05 bits per heavy atom. The third kappa shape index (κ3) is 3.41. The third-order valence-corrected chi connectivity index (χ3v) is 5.24. The number of hydrogen-bond acceptors (Lipinski definition) is 6. The fraction of sp³-hybridized carbons (Fsp3) is 0.643. The van der Waals surface area contributed by atoms with Gasteiger partial charge in [0.2, 0.25) is 0 Å². The molecule has 1 aliphatic rings. The average molecular weight is 311 g/mol. The second-order valence-corrected chi connectivity index (χ2v) is 6.29. The van der Waals surface area contributed by atoms with Gasteiger partial charge in [-0.3, -0.25) is 4.79 Å². The van der Waals surface area contributed by atoms with Gasteiger partial charge in [-0.05, 0) is 19.4 Å². The summed E-state index contributed by atoms with van der Waals surface area (Å²) in [5.74, 6) is -1.39. The molecule has 1 aromatic heterocycles. The van der Waals surface area contributed by atoms with Gasteiger partial charge in [0.15, 0.2) is 16.6 Å². The van der Waals surface area contributed by atoms with Gasteiger partial charge in [0, 0.05) is 33.1 Å². The lowest BCUT2D eigenvalue weighted by atomic mass is 10.0. The van der Waals surface area contributed by atoms with Gasteiger partial charge in [0.25, 0.3) is 0 Å². The Balaban J connectivity index is 2.16. The van der Waals surface area contributed by atoms with Crippen LogP contribution in [-0.4, -0.2) is 59.5 Å². The quantitative estimate of drug-likeness (QED) is 0.838. The number of anilines is 1. The Bertz CT molecular complexity index is 504. The second kappa shape index (κ2) is 6.53. The monoisotopic (exact) mass is 311 g/mol. The molecular formula is C14H21N3O3S. The van der Waals surface area contributed by atoms with Gasteiger partial charge in [-0.15, -0.1) is 0 Å². The maximum absolute atomic E-state index is 11.5. The first-order valence-electron chi connectivity index (χ1n) is 7.14. The fourth-order valence-electron chi connectivity index (χ4n) is 2.62. The van der Waals surface area contributed by atoms with Crippen LogP contribution >= 0.6 is 11.3 Å². The summed E-state index contributed by atoms with van der Waals surface area (Å²) in [6.07, 6.45) is 2.06. The largest absolute Gasteiger partial charge is 0.476 e. The minimum Gasteiger partial charge on any atom is -0.476 e. The molecule has 21 heavy (non-hydrogen) atoms. The van der Waals surface area contributed by atoms with Crippen molar-refractivity contribution in [2.45, 2.75) is 32.7 Å². The molecule has 2 rings (SSSR count). The number of piperidine rings is 1. The summed E-state index contributed by atoms with van der Waals surface area (Å²) in [6.45, 7) is 6.68. The number of hydrogen-bond donors (Lipinski definition) is 1. The van der Waals surface area contributed by atoms with Crippen LogP contribution in [0.5, 0.6) is 0 Å². The highest BCUT2D eigenvalue weighted by Crippen LogP contribution is 2.29. The number of thiazole rings is 1. The molecule has 1 aliphatic heterocycles. The highest BCUT2D eigenvalue weighted by molar-refractivity contribution is 7.17. The SMILES string of the molecule is CCN1CCC(N(C)c2nc(C(=O)O)c(C(C)=O)s2)CC1. The molecule has 0 aromatic carbocycles. The lowest BCUT2D eigenvalue weighted by Crippen LogP contribution is -2.43. The molecule has 0 bridgehead atoms. The fourth-order valence-corrected chi connectivity index (χ4v) is 3.61. The lowest BCUT2D eigenvalue weighted by molar-refractivity contribution is 0.0687. The molecule has 1 saturated heterocycles. The zero-order valence-corrected chi connectivity index (χ0v) is 13.4. The van der Waals surface area contributed by atoms with Gasteiger partial charge in [0.1, 0.15) is 4.88 Å².